The molecule has 0 radical (unpaired) electrons. The maximum Gasteiger partial charge on any atom is 0.345 e. The summed E-state index contributed by atoms with van der Waals surface area (Å²) in [4.78, 5) is 29.2. The molecule has 3 aromatic heterocycles. The summed E-state index contributed by atoms with van der Waals surface area (Å²) in [5.41, 5.74) is 2.15. The summed E-state index contributed by atoms with van der Waals surface area (Å²) in [5.74, 6) is 0.434. The van der Waals surface area contributed by atoms with Crippen LogP contribution in [-0.2, 0) is 9.53 Å². The topological polar surface area (TPSA) is 114 Å². The Labute approximate surface area is 192 Å². The van der Waals surface area contributed by atoms with Gasteiger partial charge in [-0.25, -0.2) is 19.7 Å². The molecule has 0 aliphatic carbocycles. The summed E-state index contributed by atoms with van der Waals surface area (Å²) < 4.78 is 10.4. The SMILES string of the molecule is COC(=O)/C(=C(/O)CSc1nc(-c2ccco2)nc2ccccc12)c1nc2ccccc2[nH]1. The van der Waals surface area contributed by atoms with E-state index in [0.29, 0.717) is 22.1 Å². The number of benzene rings is 2. The Kier molecular flexibility index (Phi) is 5.54. The second kappa shape index (κ2) is 8.79. The number of thioether (sulfide) groups is 1. The van der Waals surface area contributed by atoms with Crippen molar-refractivity contribution in [1.82, 2.24) is 19.9 Å². The zero-order chi connectivity index (χ0) is 22.8. The van der Waals surface area contributed by atoms with Gasteiger partial charge in [-0.15, -0.1) is 0 Å². The van der Waals surface area contributed by atoms with Gasteiger partial charge in [-0.3, -0.25) is 0 Å². The number of aliphatic hydroxyl groups is 1. The van der Waals surface area contributed by atoms with Gasteiger partial charge >= 0.3 is 5.97 Å². The fourth-order valence-corrected chi connectivity index (χ4v) is 4.30. The number of nitrogens with one attached hydrogen (secondary N) is 1. The molecule has 0 saturated carbocycles. The van der Waals surface area contributed by atoms with Crippen LogP contribution in [0, 0.1) is 0 Å². The molecule has 33 heavy (non-hydrogen) atoms. The molecule has 5 rings (SSSR count). The van der Waals surface area contributed by atoms with Crippen molar-refractivity contribution in [2.45, 2.75) is 5.03 Å². The van der Waals surface area contributed by atoms with E-state index in [-0.39, 0.29) is 22.9 Å². The number of nitrogens with zero attached hydrogens (tertiary/aromatic N) is 3. The van der Waals surface area contributed by atoms with E-state index in [1.807, 2.05) is 48.5 Å². The van der Waals surface area contributed by atoms with E-state index >= 15 is 0 Å². The Balaban J connectivity index is 1.53. The van der Waals surface area contributed by atoms with Crippen molar-refractivity contribution in [3.05, 3.63) is 78.5 Å². The van der Waals surface area contributed by atoms with Gasteiger partial charge in [-0.2, -0.15) is 0 Å². The molecule has 0 saturated heterocycles. The van der Waals surface area contributed by atoms with Crippen LogP contribution >= 0.6 is 11.8 Å². The molecule has 0 amide bonds. The van der Waals surface area contributed by atoms with Crippen molar-refractivity contribution < 1.29 is 19.1 Å². The lowest BCUT2D eigenvalue weighted by Crippen LogP contribution is -2.10. The maximum atomic E-state index is 12.5. The number of methoxy groups -OCH3 is 1. The van der Waals surface area contributed by atoms with Gasteiger partial charge in [0.15, 0.2) is 11.6 Å². The van der Waals surface area contributed by atoms with Gasteiger partial charge in [0, 0.05) is 5.39 Å². The molecule has 2 aromatic carbocycles. The van der Waals surface area contributed by atoms with Gasteiger partial charge in [0.2, 0.25) is 0 Å². The second-order valence-corrected chi connectivity index (χ2v) is 8.02. The van der Waals surface area contributed by atoms with Crippen LogP contribution in [-0.4, -0.2) is 43.9 Å². The number of furan rings is 1. The molecule has 0 aliphatic heterocycles. The molecule has 0 atom stereocenters. The Morgan fingerprint density at radius 2 is 1.82 bits per heavy atom. The average molecular weight is 458 g/mol. The Morgan fingerprint density at radius 3 is 2.58 bits per heavy atom. The van der Waals surface area contributed by atoms with Crippen molar-refractivity contribution >= 4 is 45.2 Å². The summed E-state index contributed by atoms with van der Waals surface area (Å²) >= 11 is 1.28. The number of fused-ring (bicyclic) bond motifs is 2. The van der Waals surface area contributed by atoms with Gasteiger partial charge in [0.05, 0.1) is 35.7 Å². The number of aromatic amines is 1. The van der Waals surface area contributed by atoms with Gasteiger partial charge < -0.3 is 19.2 Å². The number of esters is 1. The number of aliphatic hydroxyl groups excluding tert-OH is 1. The molecular weight excluding hydrogens is 440 g/mol. The number of imidazole rings is 1. The molecular formula is C24H18N4O4S. The summed E-state index contributed by atoms with van der Waals surface area (Å²) in [7, 11) is 1.26. The summed E-state index contributed by atoms with van der Waals surface area (Å²) in [6, 6.07) is 18.5. The fraction of sp³-hybridized carbons (Fsp3) is 0.0833. The zero-order valence-corrected chi connectivity index (χ0v) is 18.3. The monoisotopic (exact) mass is 458 g/mol. The summed E-state index contributed by atoms with van der Waals surface area (Å²) in [6.07, 6.45) is 1.56. The lowest BCUT2D eigenvalue weighted by molar-refractivity contribution is -0.133. The standard InChI is InChI=1S/C24H18N4O4S/c1-31-24(30)20(22-26-16-9-4-5-10-17(16)27-22)18(29)13-33-23-14-7-2-3-8-15(14)25-21(28-23)19-11-6-12-32-19/h2-12,29H,13H2,1H3,(H,26,27)/b20-18+. The van der Waals surface area contributed by atoms with Crippen molar-refractivity contribution in [3.8, 4) is 11.6 Å². The molecule has 0 fully saturated rings. The van der Waals surface area contributed by atoms with Crippen molar-refractivity contribution in [2.75, 3.05) is 12.9 Å². The number of H-pyrrole nitrogens is 1. The molecule has 0 unspecified atom stereocenters. The van der Waals surface area contributed by atoms with E-state index in [9.17, 15) is 9.90 Å². The van der Waals surface area contributed by atoms with E-state index in [4.69, 9.17) is 9.15 Å². The predicted molar refractivity (Wildman–Crippen MR) is 126 cm³/mol. The molecule has 3 heterocycles. The highest BCUT2D eigenvalue weighted by Gasteiger charge is 2.23. The number of rotatable bonds is 6. The fourth-order valence-electron chi connectivity index (χ4n) is 3.41. The van der Waals surface area contributed by atoms with Gasteiger partial charge in [0.25, 0.3) is 0 Å². The van der Waals surface area contributed by atoms with Crippen LogP contribution in [0.3, 0.4) is 0 Å². The first-order valence-electron chi connectivity index (χ1n) is 10.0. The Morgan fingerprint density at radius 1 is 1.03 bits per heavy atom. The number of hydrogen-bond acceptors (Lipinski definition) is 8. The van der Waals surface area contributed by atoms with Crippen molar-refractivity contribution in [3.63, 3.8) is 0 Å². The van der Waals surface area contributed by atoms with E-state index in [1.165, 1.54) is 18.9 Å². The number of aromatic nitrogens is 4. The third-order valence-electron chi connectivity index (χ3n) is 4.96. The molecule has 2 N–H and O–H groups in total. The summed E-state index contributed by atoms with van der Waals surface area (Å²) in [6.45, 7) is 0. The molecule has 9 heteroatoms. The van der Waals surface area contributed by atoms with Crippen LogP contribution in [0.1, 0.15) is 5.82 Å². The van der Waals surface area contributed by atoms with Gasteiger partial charge in [-0.05, 0) is 30.3 Å². The summed E-state index contributed by atoms with van der Waals surface area (Å²) in [5, 5.41) is 12.4. The average Bonchev–Trinajstić information content (AvgIpc) is 3.52. The highest BCUT2D eigenvalue weighted by Crippen LogP contribution is 2.31. The van der Waals surface area contributed by atoms with E-state index in [1.54, 1.807) is 18.4 Å². The lowest BCUT2D eigenvalue weighted by atomic mass is 10.2. The predicted octanol–water partition coefficient (Wildman–Crippen LogP) is 5.00. The number of para-hydroxylation sites is 3. The molecule has 0 bridgehead atoms. The van der Waals surface area contributed by atoms with Crippen LogP contribution in [0.2, 0.25) is 0 Å². The van der Waals surface area contributed by atoms with Crippen LogP contribution in [0.4, 0.5) is 0 Å². The largest absolute Gasteiger partial charge is 0.510 e. The Bertz CT molecular complexity index is 1460. The number of ether oxygens (including phenoxy) is 1. The highest BCUT2D eigenvalue weighted by atomic mass is 32.2. The molecule has 0 aliphatic rings. The second-order valence-electron chi connectivity index (χ2n) is 7.05. The van der Waals surface area contributed by atoms with Gasteiger partial charge in [0.1, 0.15) is 22.2 Å². The molecule has 164 valence electrons. The minimum absolute atomic E-state index is 0.0224. The minimum Gasteiger partial charge on any atom is -0.510 e. The number of carbonyl (C=O) groups is 1. The number of carbonyl (C=O) groups excluding carboxylic acids is 1. The molecule has 5 aromatic rings. The third-order valence-corrected chi connectivity index (χ3v) is 5.96. The van der Waals surface area contributed by atoms with E-state index < -0.39 is 5.97 Å². The first-order chi connectivity index (χ1) is 16.1. The van der Waals surface area contributed by atoms with Gasteiger partial charge in [-0.1, -0.05) is 42.1 Å². The molecule has 0 spiro atoms. The number of hydrogen-bond donors (Lipinski definition) is 2. The minimum atomic E-state index is -0.684. The van der Waals surface area contributed by atoms with Crippen molar-refractivity contribution in [2.24, 2.45) is 0 Å². The van der Waals surface area contributed by atoms with Crippen LogP contribution < -0.4 is 0 Å². The first kappa shape index (κ1) is 20.8. The van der Waals surface area contributed by atoms with Crippen molar-refractivity contribution in [1.29, 1.82) is 0 Å². The zero-order valence-electron chi connectivity index (χ0n) is 17.5. The van der Waals surface area contributed by atoms with E-state index in [2.05, 4.69) is 19.9 Å². The lowest BCUT2D eigenvalue weighted by Gasteiger charge is -2.09. The van der Waals surface area contributed by atoms with E-state index in [0.717, 1.165) is 16.4 Å². The smallest absolute Gasteiger partial charge is 0.345 e. The highest BCUT2D eigenvalue weighted by molar-refractivity contribution is 7.99. The normalized spacial score (nSPS) is 12.2. The maximum absolute atomic E-state index is 12.5. The Hall–Kier alpha value is -4.11. The molecule has 8 nitrogen and oxygen atoms in total. The quantitative estimate of drug-likeness (QED) is 0.120. The first-order valence-corrected chi connectivity index (χ1v) is 11.0. The van der Waals surface area contributed by atoms with Crippen LogP contribution in [0.15, 0.2) is 82.1 Å². The van der Waals surface area contributed by atoms with Crippen LogP contribution in [0.25, 0.3) is 39.1 Å². The third kappa shape index (κ3) is 4.06. The van der Waals surface area contributed by atoms with Crippen LogP contribution in [0.5, 0.6) is 0 Å².